The summed E-state index contributed by atoms with van der Waals surface area (Å²) in [6.45, 7) is 6.44. The van der Waals surface area contributed by atoms with Crippen LogP contribution in [0.3, 0.4) is 0 Å². The molecule has 0 aliphatic carbocycles. The predicted molar refractivity (Wildman–Crippen MR) is 90.3 cm³/mol. The van der Waals surface area contributed by atoms with Crippen molar-refractivity contribution in [3.8, 4) is 5.75 Å². The highest BCUT2D eigenvalue weighted by Gasteiger charge is 2.10. The lowest BCUT2D eigenvalue weighted by atomic mass is 10.1. The minimum Gasteiger partial charge on any atom is -0.489 e. The Morgan fingerprint density at radius 1 is 1.09 bits per heavy atom. The first-order valence-corrected chi connectivity index (χ1v) is 7.74. The van der Waals surface area contributed by atoms with Crippen molar-refractivity contribution < 1.29 is 9.53 Å². The van der Waals surface area contributed by atoms with E-state index in [0.717, 1.165) is 29.0 Å². The van der Waals surface area contributed by atoms with Crippen LogP contribution < -0.4 is 10.1 Å². The highest BCUT2D eigenvalue weighted by atomic mass is 16.5. The monoisotopic (exact) mass is 297 g/mol. The van der Waals surface area contributed by atoms with Crippen molar-refractivity contribution in [2.24, 2.45) is 0 Å². The second-order valence-corrected chi connectivity index (χ2v) is 5.25. The fraction of sp³-hybridized carbons (Fsp3) is 0.316. The van der Waals surface area contributed by atoms with Crippen LogP contribution in [0, 0.1) is 6.92 Å². The first kappa shape index (κ1) is 16.1. The molecule has 2 rings (SSSR count). The van der Waals surface area contributed by atoms with Crippen LogP contribution in [0.2, 0.25) is 0 Å². The predicted octanol–water partition coefficient (Wildman–Crippen LogP) is 4.48. The van der Waals surface area contributed by atoms with E-state index in [9.17, 15) is 4.79 Å². The standard InChI is InChI=1S/C19H23NO2/c1-4-15-10-6-7-12-18(15)22-13-16-14(3)9-8-11-17(16)20-19(21)5-2/h6-12H,4-5,13H2,1-3H3,(H,20,21). The van der Waals surface area contributed by atoms with Crippen LogP contribution >= 0.6 is 0 Å². The molecule has 2 aromatic carbocycles. The highest BCUT2D eigenvalue weighted by Crippen LogP contribution is 2.24. The number of anilines is 1. The van der Waals surface area contributed by atoms with Crippen molar-refractivity contribution in [1.29, 1.82) is 0 Å². The summed E-state index contributed by atoms with van der Waals surface area (Å²) in [6, 6.07) is 14.0. The molecule has 2 aromatic rings. The van der Waals surface area contributed by atoms with E-state index in [1.807, 2.05) is 50.2 Å². The van der Waals surface area contributed by atoms with Crippen molar-refractivity contribution in [1.82, 2.24) is 0 Å². The fourth-order valence-electron chi connectivity index (χ4n) is 2.34. The van der Waals surface area contributed by atoms with Crippen LogP contribution in [-0.2, 0) is 17.8 Å². The minimum atomic E-state index is 0.0146. The van der Waals surface area contributed by atoms with Gasteiger partial charge in [0.05, 0.1) is 0 Å². The number of carbonyl (C=O) groups excluding carboxylic acids is 1. The Labute approximate surface area is 132 Å². The topological polar surface area (TPSA) is 38.3 Å². The third-order valence-corrected chi connectivity index (χ3v) is 3.73. The summed E-state index contributed by atoms with van der Waals surface area (Å²) in [5.41, 5.74) is 4.16. The molecule has 1 amide bonds. The van der Waals surface area contributed by atoms with Gasteiger partial charge in [-0.05, 0) is 36.6 Å². The number of benzene rings is 2. The number of hydrogen-bond acceptors (Lipinski definition) is 2. The van der Waals surface area contributed by atoms with Gasteiger partial charge in [-0.1, -0.05) is 44.2 Å². The molecule has 116 valence electrons. The summed E-state index contributed by atoms with van der Waals surface area (Å²) in [4.78, 5) is 11.7. The summed E-state index contributed by atoms with van der Waals surface area (Å²) >= 11 is 0. The molecule has 0 aliphatic heterocycles. The van der Waals surface area contributed by atoms with Gasteiger partial charge in [-0.25, -0.2) is 0 Å². The van der Waals surface area contributed by atoms with Gasteiger partial charge in [0.1, 0.15) is 12.4 Å². The number of aryl methyl sites for hydroxylation is 2. The van der Waals surface area contributed by atoms with Crippen LogP contribution in [0.1, 0.15) is 37.0 Å². The first-order valence-electron chi connectivity index (χ1n) is 7.74. The van der Waals surface area contributed by atoms with Gasteiger partial charge in [0.2, 0.25) is 5.91 Å². The lowest BCUT2D eigenvalue weighted by Gasteiger charge is -2.16. The van der Waals surface area contributed by atoms with Gasteiger partial charge >= 0.3 is 0 Å². The molecular formula is C19H23NO2. The number of amides is 1. The van der Waals surface area contributed by atoms with E-state index in [1.165, 1.54) is 5.56 Å². The molecule has 3 nitrogen and oxygen atoms in total. The average Bonchev–Trinajstić information content (AvgIpc) is 2.54. The van der Waals surface area contributed by atoms with E-state index in [0.29, 0.717) is 13.0 Å². The number of carbonyl (C=O) groups is 1. The molecule has 0 unspecified atom stereocenters. The fourth-order valence-corrected chi connectivity index (χ4v) is 2.34. The normalized spacial score (nSPS) is 10.3. The van der Waals surface area contributed by atoms with Gasteiger partial charge in [0.15, 0.2) is 0 Å². The van der Waals surface area contributed by atoms with E-state index >= 15 is 0 Å². The maximum Gasteiger partial charge on any atom is 0.224 e. The maximum absolute atomic E-state index is 11.7. The molecule has 3 heteroatoms. The molecular weight excluding hydrogens is 274 g/mol. The van der Waals surface area contributed by atoms with Gasteiger partial charge in [0.25, 0.3) is 0 Å². The van der Waals surface area contributed by atoms with Crippen LogP contribution in [-0.4, -0.2) is 5.91 Å². The van der Waals surface area contributed by atoms with E-state index < -0.39 is 0 Å². The smallest absolute Gasteiger partial charge is 0.224 e. The molecule has 0 fully saturated rings. The summed E-state index contributed by atoms with van der Waals surface area (Å²) in [6.07, 6.45) is 1.40. The van der Waals surface area contributed by atoms with Crippen molar-refractivity contribution in [3.05, 3.63) is 59.2 Å². The Morgan fingerprint density at radius 2 is 1.86 bits per heavy atom. The molecule has 0 aromatic heterocycles. The molecule has 0 atom stereocenters. The Hall–Kier alpha value is -2.29. The Kier molecular flexibility index (Phi) is 5.59. The molecule has 0 radical (unpaired) electrons. The molecule has 0 saturated carbocycles. The Bertz CT molecular complexity index is 650. The molecule has 0 saturated heterocycles. The van der Waals surface area contributed by atoms with Crippen LogP contribution in [0.5, 0.6) is 5.75 Å². The quantitative estimate of drug-likeness (QED) is 0.853. The first-order chi connectivity index (χ1) is 10.7. The Balaban J connectivity index is 2.20. The summed E-state index contributed by atoms with van der Waals surface area (Å²) < 4.78 is 6.00. The second-order valence-electron chi connectivity index (χ2n) is 5.25. The number of hydrogen-bond donors (Lipinski definition) is 1. The van der Waals surface area contributed by atoms with Gasteiger partial charge in [-0.2, -0.15) is 0 Å². The van der Waals surface area contributed by atoms with Crippen LogP contribution in [0.15, 0.2) is 42.5 Å². The molecule has 0 spiro atoms. The number of rotatable bonds is 6. The zero-order chi connectivity index (χ0) is 15.9. The molecule has 0 bridgehead atoms. The van der Waals surface area contributed by atoms with Crippen molar-refractivity contribution in [2.75, 3.05) is 5.32 Å². The minimum absolute atomic E-state index is 0.0146. The average molecular weight is 297 g/mol. The number of nitrogens with one attached hydrogen (secondary N) is 1. The van der Waals surface area contributed by atoms with Gasteiger partial charge in [-0.15, -0.1) is 0 Å². The zero-order valence-corrected chi connectivity index (χ0v) is 13.5. The van der Waals surface area contributed by atoms with E-state index in [-0.39, 0.29) is 5.91 Å². The van der Waals surface area contributed by atoms with Crippen LogP contribution in [0.25, 0.3) is 0 Å². The van der Waals surface area contributed by atoms with Crippen LogP contribution in [0.4, 0.5) is 5.69 Å². The summed E-state index contributed by atoms with van der Waals surface area (Å²) in [5, 5.41) is 2.95. The zero-order valence-electron chi connectivity index (χ0n) is 13.5. The number of ether oxygens (including phenoxy) is 1. The third kappa shape index (κ3) is 3.88. The SMILES string of the molecule is CCC(=O)Nc1cccc(C)c1COc1ccccc1CC. The molecule has 0 heterocycles. The number of para-hydroxylation sites is 1. The third-order valence-electron chi connectivity index (χ3n) is 3.73. The van der Waals surface area contributed by atoms with E-state index in [1.54, 1.807) is 0 Å². The van der Waals surface area contributed by atoms with E-state index in [2.05, 4.69) is 18.3 Å². The lowest BCUT2D eigenvalue weighted by molar-refractivity contribution is -0.115. The second kappa shape index (κ2) is 7.64. The molecule has 0 aliphatic rings. The summed E-state index contributed by atoms with van der Waals surface area (Å²) in [5.74, 6) is 0.918. The largest absolute Gasteiger partial charge is 0.489 e. The maximum atomic E-state index is 11.7. The van der Waals surface area contributed by atoms with Gasteiger partial charge < -0.3 is 10.1 Å². The van der Waals surface area contributed by atoms with E-state index in [4.69, 9.17) is 4.74 Å². The lowest BCUT2D eigenvalue weighted by Crippen LogP contribution is -2.13. The highest BCUT2D eigenvalue weighted by molar-refractivity contribution is 5.91. The van der Waals surface area contributed by atoms with Gasteiger partial charge in [-0.3, -0.25) is 4.79 Å². The van der Waals surface area contributed by atoms with Gasteiger partial charge in [0, 0.05) is 17.7 Å². The van der Waals surface area contributed by atoms with Crippen molar-refractivity contribution in [2.45, 2.75) is 40.2 Å². The van der Waals surface area contributed by atoms with Crippen molar-refractivity contribution in [3.63, 3.8) is 0 Å². The Morgan fingerprint density at radius 3 is 2.59 bits per heavy atom. The molecule has 22 heavy (non-hydrogen) atoms. The van der Waals surface area contributed by atoms with Crippen molar-refractivity contribution >= 4 is 11.6 Å². The molecule has 1 N–H and O–H groups in total. The summed E-state index contributed by atoms with van der Waals surface area (Å²) in [7, 11) is 0.